The van der Waals surface area contributed by atoms with E-state index in [1.54, 1.807) is 0 Å². The van der Waals surface area contributed by atoms with Crippen molar-refractivity contribution in [3.05, 3.63) is 23.8 Å². The maximum absolute atomic E-state index is 11.3. The molecule has 0 bridgehead atoms. The summed E-state index contributed by atoms with van der Waals surface area (Å²) >= 11 is 0. The molecule has 1 unspecified atom stereocenters. The third kappa shape index (κ3) is 4.77. The van der Waals surface area contributed by atoms with Crippen LogP contribution in [0.4, 0.5) is 0 Å². The van der Waals surface area contributed by atoms with Crippen molar-refractivity contribution in [2.75, 3.05) is 6.54 Å². The van der Waals surface area contributed by atoms with Crippen molar-refractivity contribution in [1.82, 2.24) is 5.32 Å². The summed E-state index contributed by atoms with van der Waals surface area (Å²) in [6, 6.07) is 2.27. The molecule has 1 aromatic rings. The summed E-state index contributed by atoms with van der Waals surface area (Å²) in [6.45, 7) is -0.796. The minimum atomic E-state index is -4.88. The van der Waals surface area contributed by atoms with E-state index in [4.69, 9.17) is 9.66 Å². The molecule has 0 amide bonds. The van der Waals surface area contributed by atoms with Gasteiger partial charge in [-0.3, -0.25) is 19.2 Å². The predicted octanol–water partition coefficient (Wildman–Crippen LogP) is -0.511. The number of rotatable bonds is 6. The second-order valence-electron chi connectivity index (χ2n) is 3.96. The number of carboxylic acids is 1. The number of carboxylic acid groups (broad SMARTS) is 1. The molecule has 1 atom stereocenters. The average Bonchev–Trinajstić information content (AvgIpc) is 2.27. The highest BCUT2D eigenvalue weighted by Gasteiger charge is 2.33. The zero-order valence-electron chi connectivity index (χ0n) is 10.2. The number of phenols is 1. The topological polar surface area (TPSA) is 181 Å². The molecule has 0 aliphatic rings. The van der Waals surface area contributed by atoms with Crippen LogP contribution in [-0.4, -0.2) is 45.5 Å². The summed E-state index contributed by atoms with van der Waals surface area (Å²) in [5, 5.41) is 20.2. The van der Waals surface area contributed by atoms with Crippen molar-refractivity contribution < 1.29 is 42.3 Å². The lowest BCUT2D eigenvalue weighted by molar-refractivity contribution is -0.136. The number of carbonyl (C=O) groups is 1. The van der Waals surface area contributed by atoms with Crippen LogP contribution in [-0.2, 0) is 19.5 Å². The van der Waals surface area contributed by atoms with Crippen LogP contribution in [0.5, 0.6) is 5.75 Å². The summed E-state index contributed by atoms with van der Waals surface area (Å²) < 4.78 is 41.9. The highest BCUT2D eigenvalue weighted by Crippen LogP contribution is 2.51. The normalized spacial score (nSPS) is 13.9. The van der Waals surface area contributed by atoms with Crippen LogP contribution in [0.2, 0.25) is 0 Å². The van der Waals surface area contributed by atoms with Gasteiger partial charge in [0.15, 0.2) is 0 Å². The first kappa shape index (κ1) is 17.6. The summed E-state index contributed by atoms with van der Waals surface area (Å²) in [5.41, 5.74) is -0.406. The number of benzene rings is 1. The fourth-order valence-corrected chi connectivity index (χ4v) is 2.92. The number of hydrogen-bond donors (Lipinski definition) is 6. The van der Waals surface area contributed by atoms with Crippen LogP contribution in [0.3, 0.4) is 0 Å². The van der Waals surface area contributed by atoms with Crippen LogP contribution in [0.15, 0.2) is 23.1 Å². The SMILES string of the molecule is O=C(O)CNC(c1ccc(S(=O)(=O)O)cc1O)P(=O)(O)O. The average molecular weight is 341 g/mol. The van der Waals surface area contributed by atoms with Gasteiger partial charge in [0.05, 0.1) is 11.4 Å². The molecule has 0 saturated carbocycles. The Morgan fingerprint density at radius 1 is 1.33 bits per heavy atom. The summed E-state index contributed by atoms with van der Waals surface area (Å²) in [7, 11) is -9.48. The van der Waals surface area contributed by atoms with Crippen LogP contribution < -0.4 is 5.32 Å². The zero-order valence-corrected chi connectivity index (χ0v) is 12.0. The molecule has 0 heterocycles. The lowest BCUT2D eigenvalue weighted by Gasteiger charge is -2.20. The second-order valence-corrected chi connectivity index (χ2v) is 7.08. The van der Waals surface area contributed by atoms with Gasteiger partial charge in [0, 0.05) is 11.6 Å². The standard InChI is InChI=1S/C9H12NO9PS/c11-7-3-5(21(17,18)19)1-2-6(7)9(20(14,15)16)10-4-8(12)13/h1-3,9-11H,4H2,(H,12,13)(H2,14,15,16)(H,17,18,19). The minimum Gasteiger partial charge on any atom is -0.508 e. The molecule has 10 nitrogen and oxygen atoms in total. The Hall–Kier alpha value is -1.49. The molecule has 0 aliphatic heterocycles. The van der Waals surface area contributed by atoms with Gasteiger partial charge in [-0.15, -0.1) is 0 Å². The third-order valence-electron chi connectivity index (χ3n) is 2.38. The molecular weight excluding hydrogens is 329 g/mol. The lowest BCUT2D eigenvalue weighted by Crippen LogP contribution is -2.27. The molecule has 21 heavy (non-hydrogen) atoms. The molecule has 6 N–H and O–H groups in total. The van der Waals surface area contributed by atoms with Crippen molar-refractivity contribution in [2.45, 2.75) is 10.7 Å². The zero-order chi connectivity index (χ0) is 16.4. The van der Waals surface area contributed by atoms with Gasteiger partial charge >= 0.3 is 13.6 Å². The van der Waals surface area contributed by atoms with E-state index in [1.165, 1.54) is 0 Å². The first-order chi connectivity index (χ1) is 9.43. The molecule has 0 aliphatic carbocycles. The maximum Gasteiger partial charge on any atom is 0.347 e. The fourth-order valence-electron chi connectivity index (χ4n) is 1.51. The molecule has 118 valence electrons. The molecule has 1 rings (SSSR count). The van der Waals surface area contributed by atoms with E-state index in [0.29, 0.717) is 6.07 Å². The van der Waals surface area contributed by atoms with Crippen LogP contribution in [0.1, 0.15) is 11.3 Å². The van der Waals surface area contributed by atoms with E-state index in [1.807, 2.05) is 5.32 Å². The van der Waals surface area contributed by atoms with Crippen molar-refractivity contribution in [3.63, 3.8) is 0 Å². The molecule has 0 saturated heterocycles. The molecule has 1 aromatic carbocycles. The Morgan fingerprint density at radius 3 is 2.29 bits per heavy atom. The van der Waals surface area contributed by atoms with E-state index in [2.05, 4.69) is 0 Å². The van der Waals surface area contributed by atoms with Gasteiger partial charge in [0.25, 0.3) is 10.1 Å². The summed E-state index contributed by atoms with van der Waals surface area (Å²) in [6.07, 6.45) is 0. The van der Waals surface area contributed by atoms with E-state index in [-0.39, 0.29) is 0 Å². The Balaban J connectivity index is 3.26. The van der Waals surface area contributed by atoms with Gasteiger partial charge in [0.1, 0.15) is 11.5 Å². The summed E-state index contributed by atoms with van der Waals surface area (Å²) in [5.74, 6) is -4.05. The number of hydrogen-bond acceptors (Lipinski definition) is 6. The molecule has 0 radical (unpaired) electrons. The van der Waals surface area contributed by atoms with E-state index < -0.39 is 52.2 Å². The summed E-state index contributed by atoms with van der Waals surface area (Å²) in [4.78, 5) is 28.1. The van der Waals surface area contributed by atoms with Gasteiger partial charge in [-0.1, -0.05) is 6.07 Å². The Kier molecular flexibility index (Phi) is 5.10. The first-order valence-corrected chi connectivity index (χ1v) is 8.36. The van der Waals surface area contributed by atoms with Crippen LogP contribution >= 0.6 is 7.60 Å². The minimum absolute atomic E-state index is 0.406. The second kappa shape index (κ2) is 6.10. The number of aromatic hydroxyl groups is 1. The maximum atomic E-state index is 11.3. The largest absolute Gasteiger partial charge is 0.508 e. The molecule has 0 aromatic heterocycles. The number of aliphatic carboxylic acids is 1. The predicted molar refractivity (Wildman–Crippen MR) is 68.3 cm³/mol. The highest BCUT2D eigenvalue weighted by atomic mass is 32.2. The van der Waals surface area contributed by atoms with E-state index in [0.717, 1.165) is 12.1 Å². The van der Waals surface area contributed by atoms with Gasteiger partial charge in [0.2, 0.25) is 0 Å². The fraction of sp³-hybridized carbons (Fsp3) is 0.222. The van der Waals surface area contributed by atoms with Crippen LogP contribution in [0, 0.1) is 0 Å². The highest BCUT2D eigenvalue weighted by molar-refractivity contribution is 7.85. The first-order valence-electron chi connectivity index (χ1n) is 5.23. The van der Waals surface area contributed by atoms with E-state index in [9.17, 15) is 32.7 Å². The van der Waals surface area contributed by atoms with Crippen LogP contribution in [0.25, 0.3) is 0 Å². The monoisotopic (exact) mass is 341 g/mol. The molecule has 0 spiro atoms. The molecule has 12 heteroatoms. The van der Waals surface area contributed by atoms with Gasteiger partial charge in [-0.05, 0) is 6.07 Å². The van der Waals surface area contributed by atoms with Crippen molar-refractivity contribution in [2.24, 2.45) is 0 Å². The molecular formula is C9H12NO9PS. The lowest BCUT2D eigenvalue weighted by atomic mass is 10.2. The third-order valence-corrected chi connectivity index (χ3v) is 4.36. The smallest absolute Gasteiger partial charge is 0.347 e. The number of nitrogens with one attached hydrogen (secondary N) is 1. The van der Waals surface area contributed by atoms with Gasteiger partial charge in [-0.2, -0.15) is 8.42 Å². The quantitative estimate of drug-likeness (QED) is 0.291. The van der Waals surface area contributed by atoms with Gasteiger partial charge < -0.3 is 20.0 Å². The molecule has 0 fully saturated rings. The van der Waals surface area contributed by atoms with Gasteiger partial charge in [-0.25, -0.2) is 0 Å². The van der Waals surface area contributed by atoms with Crippen molar-refractivity contribution in [3.8, 4) is 5.75 Å². The van der Waals surface area contributed by atoms with Crippen molar-refractivity contribution in [1.29, 1.82) is 0 Å². The van der Waals surface area contributed by atoms with E-state index >= 15 is 0 Å². The Bertz CT molecular complexity index is 695. The number of phenolic OH excluding ortho intramolecular Hbond substituents is 1. The Morgan fingerprint density at radius 2 is 1.90 bits per heavy atom. The van der Waals surface area contributed by atoms with Crippen molar-refractivity contribution >= 4 is 23.7 Å². The Labute approximate surface area is 119 Å².